The lowest BCUT2D eigenvalue weighted by molar-refractivity contribution is -0.144. The molecule has 0 spiro atoms. The van der Waals surface area contributed by atoms with E-state index in [4.69, 9.17) is 0 Å². The Balaban J connectivity index is 1.33. The van der Waals surface area contributed by atoms with Gasteiger partial charge in [-0.1, -0.05) is 6.07 Å². The van der Waals surface area contributed by atoms with E-state index in [1.165, 1.54) is 0 Å². The summed E-state index contributed by atoms with van der Waals surface area (Å²) in [6, 6.07) is 3.51. The third-order valence-corrected chi connectivity index (χ3v) is 8.43. The highest BCUT2D eigenvalue weighted by atomic mass is 19.4. The Morgan fingerprint density at radius 1 is 1.09 bits per heavy atom. The van der Waals surface area contributed by atoms with Gasteiger partial charge < -0.3 is 15.6 Å². The van der Waals surface area contributed by atoms with E-state index in [0.717, 1.165) is 11.0 Å². The molecule has 16 heteroatoms. The van der Waals surface area contributed by atoms with Crippen molar-refractivity contribution in [1.29, 1.82) is 0 Å². The fraction of sp³-hybridized carbons (Fsp3) is 0.607. The van der Waals surface area contributed by atoms with Gasteiger partial charge in [0.05, 0.1) is 42.3 Å². The van der Waals surface area contributed by atoms with Crippen LogP contribution in [0.4, 0.5) is 30.7 Å². The number of rotatable bonds is 10. The zero-order chi connectivity index (χ0) is 31.9. The number of carbonyl (C=O) groups is 2. The maximum atomic E-state index is 14.0. The molecule has 2 amide bonds. The minimum absolute atomic E-state index is 0.102. The molecule has 1 aromatic carbocycles. The number of H-pyrrole nitrogens is 1. The van der Waals surface area contributed by atoms with Gasteiger partial charge in [-0.3, -0.25) is 9.59 Å². The van der Waals surface area contributed by atoms with Gasteiger partial charge in [-0.05, 0) is 49.8 Å². The molecule has 0 aliphatic heterocycles. The lowest BCUT2D eigenvalue weighted by atomic mass is 9.81. The number of hydrogen-bond donors (Lipinski definition) is 3. The number of hydrogen-bond acceptors (Lipinski definition) is 5. The number of imidazole rings is 1. The summed E-state index contributed by atoms with van der Waals surface area (Å²) < 4.78 is 92.7. The smallest absolute Gasteiger partial charge is 0.350 e. The second kappa shape index (κ2) is 12.0. The van der Waals surface area contributed by atoms with Crippen LogP contribution in [0.2, 0.25) is 0 Å². The average Bonchev–Trinajstić information content (AvgIpc) is 3.59. The Labute approximate surface area is 247 Å². The first kappa shape index (κ1) is 31.7. The molecule has 2 aliphatic rings. The first-order valence-corrected chi connectivity index (χ1v) is 14.4. The summed E-state index contributed by atoms with van der Waals surface area (Å²) >= 11 is 0. The van der Waals surface area contributed by atoms with Crippen LogP contribution in [-0.2, 0) is 11.3 Å². The van der Waals surface area contributed by atoms with Crippen LogP contribution in [-0.4, -0.2) is 54.8 Å². The highest BCUT2D eigenvalue weighted by Gasteiger charge is 2.48. The predicted molar refractivity (Wildman–Crippen MR) is 143 cm³/mol. The Bertz CT molecular complexity index is 1490. The topological polar surface area (TPSA) is 118 Å². The van der Waals surface area contributed by atoms with Gasteiger partial charge in [-0.2, -0.15) is 23.1 Å². The number of nitrogens with zero attached hydrogens (tertiary/aromatic N) is 4. The minimum atomic E-state index is -4.45. The maximum absolute atomic E-state index is 14.0. The summed E-state index contributed by atoms with van der Waals surface area (Å²) in [7, 11) is 0. The number of nitrogens with one attached hydrogen (secondary N) is 3. The van der Waals surface area contributed by atoms with Crippen LogP contribution in [0, 0.1) is 11.8 Å². The Morgan fingerprint density at radius 2 is 1.82 bits per heavy atom. The van der Waals surface area contributed by atoms with Crippen LogP contribution in [0.25, 0.3) is 11.0 Å². The molecule has 44 heavy (non-hydrogen) atoms. The molecule has 2 heterocycles. The molecule has 3 N–H and O–H groups in total. The van der Waals surface area contributed by atoms with Gasteiger partial charge in [0.15, 0.2) is 5.69 Å². The molecule has 3 aromatic rings. The molecule has 2 saturated carbocycles. The van der Waals surface area contributed by atoms with Crippen molar-refractivity contribution in [2.24, 2.45) is 11.8 Å². The van der Waals surface area contributed by atoms with E-state index in [1.54, 1.807) is 25.1 Å². The van der Waals surface area contributed by atoms with Crippen LogP contribution in [0.5, 0.6) is 0 Å². The standard InChI is InChI=1S/C28H32F7N7O2/c1-15(37-22(43)7-11-28(33,34)35)17-2-3-19-20(12-17)39-24(38-19)23(16-4-8-26(29,30)9-5-16)40-25(44)21-13-36-42(41-21)14-18-6-10-27(18,31)32/h2-3,12-13,15-16,18,23H,4-11,14H2,1H3,(H,37,43)(H,38,39)(H,40,44)/t15-,18?,23+/m1/s1. The van der Waals surface area contributed by atoms with E-state index in [2.05, 4.69) is 30.8 Å². The van der Waals surface area contributed by atoms with Crippen molar-refractivity contribution in [2.45, 2.75) is 94.9 Å². The number of benzene rings is 1. The zero-order valence-corrected chi connectivity index (χ0v) is 23.7. The number of carbonyl (C=O) groups excluding carboxylic acids is 2. The van der Waals surface area contributed by atoms with Gasteiger partial charge in [-0.15, -0.1) is 5.10 Å². The third kappa shape index (κ3) is 7.49. The summed E-state index contributed by atoms with van der Waals surface area (Å²) in [5.41, 5.74) is 1.45. The van der Waals surface area contributed by atoms with Crippen molar-refractivity contribution in [2.75, 3.05) is 0 Å². The normalized spacial score (nSPS) is 21.4. The van der Waals surface area contributed by atoms with Crippen LogP contribution < -0.4 is 10.6 Å². The first-order chi connectivity index (χ1) is 20.6. The number of alkyl halides is 7. The Morgan fingerprint density at radius 3 is 2.45 bits per heavy atom. The molecule has 240 valence electrons. The quantitative estimate of drug-likeness (QED) is 0.237. The summed E-state index contributed by atoms with van der Waals surface area (Å²) in [6.45, 7) is 1.48. The van der Waals surface area contributed by atoms with Crippen molar-refractivity contribution in [3.63, 3.8) is 0 Å². The summed E-state index contributed by atoms with van der Waals surface area (Å²) in [5, 5.41) is 13.3. The van der Waals surface area contributed by atoms with Crippen molar-refractivity contribution < 1.29 is 40.3 Å². The van der Waals surface area contributed by atoms with Gasteiger partial charge in [0.25, 0.3) is 11.8 Å². The third-order valence-electron chi connectivity index (χ3n) is 8.43. The molecule has 0 bridgehead atoms. The minimum Gasteiger partial charge on any atom is -0.350 e. The van der Waals surface area contributed by atoms with Crippen LogP contribution in [0.1, 0.15) is 92.3 Å². The van der Waals surface area contributed by atoms with Crippen molar-refractivity contribution >= 4 is 22.8 Å². The Kier molecular flexibility index (Phi) is 8.64. The van der Waals surface area contributed by atoms with E-state index in [1.807, 2.05) is 0 Å². The predicted octanol–water partition coefficient (Wildman–Crippen LogP) is 6.02. The SMILES string of the molecule is C[C@@H](NC(=O)CCC(F)(F)F)c1ccc2nc([C@@H](NC(=O)c3cnn(CC4CCC4(F)F)n3)C3CCC(F)(F)CC3)[nH]c2c1. The van der Waals surface area contributed by atoms with E-state index in [0.29, 0.717) is 28.8 Å². The lowest BCUT2D eigenvalue weighted by Crippen LogP contribution is -2.41. The largest absolute Gasteiger partial charge is 0.389 e. The number of amides is 2. The second-order valence-corrected chi connectivity index (χ2v) is 11.7. The molecule has 5 rings (SSSR count). The molecular weight excluding hydrogens is 599 g/mol. The fourth-order valence-corrected chi connectivity index (χ4v) is 5.61. The number of halogens is 7. The molecule has 1 unspecified atom stereocenters. The van der Waals surface area contributed by atoms with Gasteiger partial charge >= 0.3 is 6.18 Å². The highest BCUT2D eigenvalue weighted by molar-refractivity contribution is 5.92. The van der Waals surface area contributed by atoms with Crippen molar-refractivity contribution in [3.05, 3.63) is 41.5 Å². The molecule has 0 saturated heterocycles. The van der Waals surface area contributed by atoms with Gasteiger partial charge in [0, 0.05) is 31.6 Å². The Hall–Kier alpha value is -3.72. The van der Waals surface area contributed by atoms with E-state index in [-0.39, 0.29) is 44.3 Å². The van der Waals surface area contributed by atoms with E-state index < -0.39 is 66.6 Å². The average molecular weight is 632 g/mol. The lowest BCUT2D eigenvalue weighted by Gasteiger charge is -2.35. The number of aromatic nitrogens is 5. The van der Waals surface area contributed by atoms with Gasteiger partial charge in [0.1, 0.15) is 5.82 Å². The molecule has 2 fully saturated rings. The fourth-order valence-electron chi connectivity index (χ4n) is 5.61. The summed E-state index contributed by atoms with van der Waals surface area (Å²) in [4.78, 5) is 34.0. The number of aromatic amines is 1. The van der Waals surface area contributed by atoms with Crippen LogP contribution >= 0.6 is 0 Å². The monoisotopic (exact) mass is 631 g/mol. The zero-order valence-electron chi connectivity index (χ0n) is 23.7. The number of fused-ring (bicyclic) bond motifs is 1. The first-order valence-electron chi connectivity index (χ1n) is 14.4. The van der Waals surface area contributed by atoms with Crippen molar-refractivity contribution in [3.8, 4) is 0 Å². The summed E-state index contributed by atoms with van der Waals surface area (Å²) in [6.07, 6.45) is -5.64. The van der Waals surface area contributed by atoms with Gasteiger partial charge in [-0.25, -0.2) is 22.5 Å². The molecular formula is C28H32F7N7O2. The second-order valence-electron chi connectivity index (χ2n) is 11.7. The van der Waals surface area contributed by atoms with Crippen LogP contribution in [0.15, 0.2) is 24.4 Å². The molecule has 2 aromatic heterocycles. The molecule has 3 atom stereocenters. The molecule has 2 aliphatic carbocycles. The van der Waals surface area contributed by atoms with E-state index >= 15 is 0 Å². The van der Waals surface area contributed by atoms with E-state index in [9.17, 15) is 40.3 Å². The van der Waals surface area contributed by atoms with Gasteiger partial charge in [0.2, 0.25) is 11.8 Å². The molecule has 0 radical (unpaired) electrons. The maximum Gasteiger partial charge on any atom is 0.389 e. The van der Waals surface area contributed by atoms with Crippen molar-refractivity contribution in [1.82, 2.24) is 35.6 Å². The molecule has 9 nitrogen and oxygen atoms in total. The highest BCUT2D eigenvalue weighted by Crippen LogP contribution is 2.44. The van der Waals surface area contributed by atoms with Crippen LogP contribution in [0.3, 0.4) is 0 Å². The summed E-state index contributed by atoms with van der Waals surface area (Å²) in [5.74, 6) is -8.08.